The van der Waals surface area contributed by atoms with Gasteiger partial charge in [0.05, 0.1) is 16.1 Å². The maximum atomic E-state index is 13.2. The van der Waals surface area contributed by atoms with Crippen molar-refractivity contribution in [2.45, 2.75) is 6.61 Å². The summed E-state index contributed by atoms with van der Waals surface area (Å²) in [7, 11) is 1.40. The van der Waals surface area contributed by atoms with Crippen LogP contribution in [0.25, 0.3) is 0 Å². The van der Waals surface area contributed by atoms with Crippen molar-refractivity contribution in [1.29, 1.82) is 0 Å². The molecule has 0 atom stereocenters. The standard InChI is InChI=1S/C8H6BrClF2O/c1-13-3-4-2-5(11)6(9)7(10)8(4)12/h2H,3H2,1H3. The highest BCUT2D eigenvalue weighted by atomic mass is 79.9. The molecule has 1 aromatic carbocycles. The Morgan fingerprint density at radius 2 is 2.15 bits per heavy atom. The number of hydrogen-bond acceptors (Lipinski definition) is 1. The summed E-state index contributed by atoms with van der Waals surface area (Å²) in [6, 6.07) is 1.05. The van der Waals surface area contributed by atoms with E-state index in [1.807, 2.05) is 0 Å². The van der Waals surface area contributed by atoms with E-state index in [-0.39, 0.29) is 21.7 Å². The van der Waals surface area contributed by atoms with Crippen LogP contribution in [-0.2, 0) is 11.3 Å². The van der Waals surface area contributed by atoms with Gasteiger partial charge in [-0.1, -0.05) is 11.6 Å². The molecule has 0 N–H and O–H groups in total. The van der Waals surface area contributed by atoms with Crippen LogP contribution in [0.4, 0.5) is 8.78 Å². The summed E-state index contributed by atoms with van der Waals surface area (Å²) < 4.78 is 30.8. The first-order valence-corrected chi connectivity index (χ1v) is 4.55. The Bertz CT molecular complexity index is 330. The molecule has 0 saturated heterocycles. The van der Waals surface area contributed by atoms with Crippen LogP contribution in [0.3, 0.4) is 0 Å². The van der Waals surface area contributed by atoms with Crippen molar-refractivity contribution in [2.75, 3.05) is 7.11 Å². The van der Waals surface area contributed by atoms with Gasteiger partial charge in [0.1, 0.15) is 11.6 Å². The van der Waals surface area contributed by atoms with E-state index in [4.69, 9.17) is 11.6 Å². The van der Waals surface area contributed by atoms with Crippen LogP contribution < -0.4 is 0 Å². The van der Waals surface area contributed by atoms with Gasteiger partial charge in [0, 0.05) is 12.7 Å². The molecule has 1 rings (SSSR count). The van der Waals surface area contributed by atoms with E-state index in [0.717, 1.165) is 6.07 Å². The fraction of sp³-hybridized carbons (Fsp3) is 0.250. The molecule has 1 nitrogen and oxygen atoms in total. The van der Waals surface area contributed by atoms with Gasteiger partial charge in [-0.2, -0.15) is 0 Å². The van der Waals surface area contributed by atoms with Crippen LogP contribution >= 0.6 is 27.5 Å². The fourth-order valence-corrected chi connectivity index (χ4v) is 1.38. The summed E-state index contributed by atoms with van der Waals surface area (Å²) >= 11 is 8.33. The molecule has 5 heteroatoms. The van der Waals surface area contributed by atoms with Crippen LogP contribution in [0.5, 0.6) is 0 Å². The first-order valence-electron chi connectivity index (χ1n) is 3.38. The molecule has 1 aromatic rings. The Morgan fingerprint density at radius 1 is 1.54 bits per heavy atom. The van der Waals surface area contributed by atoms with Crippen LogP contribution in [0.1, 0.15) is 5.56 Å². The molecule has 0 aromatic heterocycles. The number of ether oxygens (including phenoxy) is 1. The molecule has 0 aliphatic heterocycles. The third-order valence-corrected chi connectivity index (χ3v) is 2.84. The molecule has 0 aliphatic carbocycles. The predicted molar refractivity (Wildman–Crippen MR) is 49.8 cm³/mol. The van der Waals surface area contributed by atoms with Crippen molar-refractivity contribution in [3.05, 3.63) is 32.8 Å². The minimum Gasteiger partial charge on any atom is -0.380 e. The summed E-state index contributed by atoms with van der Waals surface area (Å²) in [6.45, 7) is -0.00421. The van der Waals surface area contributed by atoms with E-state index in [0.29, 0.717) is 0 Å². The van der Waals surface area contributed by atoms with Crippen LogP contribution in [0, 0.1) is 11.6 Å². The predicted octanol–water partition coefficient (Wildman–Crippen LogP) is 3.53. The number of benzene rings is 1. The average Bonchev–Trinajstić information content (AvgIpc) is 2.11. The third kappa shape index (κ3) is 2.18. The van der Waals surface area contributed by atoms with Crippen LogP contribution in [-0.4, -0.2) is 7.11 Å². The zero-order chi connectivity index (χ0) is 10.0. The molecule has 0 fully saturated rings. The summed E-state index contributed by atoms with van der Waals surface area (Å²) in [4.78, 5) is 0. The molecule has 0 aliphatic rings. The quantitative estimate of drug-likeness (QED) is 0.591. The van der Waals surface area contributed by atoms with Gasteiger partial charge < -0.3 is 4.74 Å². The highest BCUT2D eigenvalue weighted by Crippen LogP contribution is 2.30. The van der Waals surface area contributed by atoms with Crippen molar-refractivity contribution < 1.29 is 13.5 Å². The van der Waals surface area contributed by atoms with Gasteiger partial charge in [-0.3, -0.25) is 0 Å². The van der Waals surface area contributed by atoms with E-state index < -0.39 is 11.6 Å². The van der Waals surface area contributed by atoms with Crippen LogP contribution in [0.2, 0.25) is 5.02 Å². The lowest BCUT2D eigenvalue weighted by Gasteiger charge is -2.05. The van der Waals surface area contributed by atoms with E-state index in [1.165, 1.54) is 7.11 Å². The molecule has 0 spiro atoms. The van der Waals surface area contributed by atoms with Crippen LogP contribution in [0.15, 0.2) is 10.5 Å². The maximum absolute atomic E-state index is 13.2. The highest BCUT2D eigenvalue weighted by molar-refractivity contribution is 9.10. The van der Waals surface area contributed by atoms with Gasteiger partial charge in [0.15, 0.2) is 0 Å². The highest BCUT2D eigenvalue weighted by Gasteiger charge is 2.14. The maximum Gasteiger partial charge on any atom is 0.148 e. The van der Waals surface area contributed by atoms with E-state index in [9.17, 15) is 8.78 Å². The topological polar surface area (TPSA) is 9.23 Å². The lowest BCUT2D eigenvalue weighted by Crippen LogP contribution is -1.96. The van der Waals surface area contributed by atoms with Crippen molar-refractivity contribution >= 4 is 27.5 Å². The lowest BCUT2D eigenvalue weighted by atomic mass is 10.2. The summed E-state index contributed by atoms with van der Waals surface area (Å²) in [5.41, 5.74) is 0.105. The summed E-state index contributed by atoms with van der Waals surface area (Å²) in [6.07, 6.45) is 0. The van der Waals surface area contributed by atoms with E-state index in [1.54, 1.807) is 0 Å². The number of halogens is 4. The zero-order valence-electron chi connectivity index (χ0n) is 6.70. The fourth-order valence-electron chi connectivity index (χ4n) is 0.882. The molecule has 72 valence electrons. The smallest absolute Gasteiger partial charge is 0.148 e. The van der Waals surface area contributed by atoms with Gasteiger partial charge in [0.25, 0.3) is 0 Å². The lowest BCUT2D eigenvalue weighted by molar-refractivity contribution is 0.181. The Morgan fingerprint density at radius 3 is 2.69 bits per heavy atom. The Kier molecular flexibility index (Phi) is 3.64. The molecular weight excluding hydrogens is 265 g/mol. The first kappa shape index (κ1) is 10.9. The number of methoxy groups -OCH3 is 1. The second kappa shape index (κ2) is 4.35. The molecule has 0 bridgehead atoms. The minimum atomic E-state index is -0.656. The summed E-state index contributed by atoms with van der Waals surface area (Å²) in [5.74, 6) is -1.25. The largest absolute Gasteiger partial charge is 0.380 e. The molecule has 0 heterocycles. The molecule has 0 radical (unpaired) electrons. The van der Waals surface area contributed by atoms with Gasteiger partial charge in [-0.15, -0.1) is 0 Å². The monoisotopic (exact) mass is 270 g/mol. The van der Waals surface area contributed by atoms with E-state index >= 15 is 0 Å². The normalized spacial score (nSPS) is 10.5. The van der Waals surface area contributed by atoms with Crippen molar-refractivity contribution in [3.63, 3.8) is 0 Å². The van der Waals surface area contributed by atoms with Crippen molar-refractivity contribution in [3.8, 4) is 0 Å². The minimum absolute atomic E-state index is 0.00421. The number of hydrogen-bond donors (Lipinski definition) is 0. The van der Waals surface area contributed by atoms with Gasteiger partial charge in [0.2, 0.25) is 0 Å². The van der Waals surface area contributed by atoms with Gasteiger partial charge in [-0.25, -0.2) is 8.78 Å². The molecule has 0 amide bonds. The van der Waals surface area contributed by atoms with Crippen molar-refractivity contribution in [2.24, 2.45) is 0 Å². The average molecular weight is 271 g/mol. The number of rotatable bonds is 2. The van der Waals surface area contributed by atoms with Gasteiger partial charge >= 0.3 is 0 Å². The third-order valence-electron chi connectivity index (χ3n) is 1.48. The summed E-state index contributed by atoms with van der Waals surface area (Å²) in [5, 5.41) is -0.257. The second-order valence-electron chi connectivity index (χ2n) is 2.39. The zero-order valence-corrected chi connectivity index (χ0v) is 9.05. The molecule has 13 heavy (non-hydrogen) atoms. The molecule has 0 unspecified atom stereocenters. The Hall–Kier alpha value is -0.190. The van der Waals surface area contributed by atoms with Gasteiger partial charge in [-0.05, 0) is 22.0 Å². The SMILES string of the molecule is COCc1cc(F)c(Br)c(Cl)c1F. The second-order valence-corrected chi connectivity index (χ2v) is 3.56. The molecular formula is C8H6BrClF2O. The van der Waals surface area contributed by atoms with Crippen molar-refractivity contribution in [1.82, 2.24) is 0 Å². The Balaban J connectivity index is 3.24. The van der Waals surface area contributed by atoms with E-state index in [2.05, 4.69) is 20.7 Å². The molecule has 0 saturated carbocycles. The first-order chi connectivity index (χ1) is 6.07. The Labute approximate surface area is 87.8 Å².